The summed E-state index contributed by atoms with van der Waals surface area (Å²) in [5, 5.41) is 0. The number of hydrogen-bond donors (Lipinski definition) is 0. The highest BCUT2D eigenvalue weighted by Gasteiger charge is 2.12. The Hall–Kier alpha value is -0.150. The van der Waals surface area contributed by atoms with E-state index in [9.17, 15) is 4.79 Å². The lowest BCUT2D eigenvalue weighted by Gasteiger charge is -2.12. The molecule has 0 bridgehead atoms. The van der Waals surface area contributed by atoms with Crippen LogP contribution in [0.3, 0.4) is 0 Å². The van der Waals surface area contributed by atoms with Gasteiger partial charge >= 0.3 is 0 Å². The molecule has 1 aromatic carbocycles. The number of halogens is 2. The monoisotopic (exact) mass is 304 g/mol. The van der Waals surface area contributed by atoms with Crippen LogP contribution >= 0.6 is 31.9 Å². The molecule has 0 aliphatic heterocycles. The zero-order chi connectivity index (χ0) is 10.2. The van der Waals surface area contributed by atoms with Gasteiger partial charge in [0.2, 0.25) is 0 Å². The molecule has 3 heteroatoms. The Bertz CT molecular complexity index is 341. The van der Waals surface area contributed by atoms with Gasteiger partial charge in [-0.25, -0.2) is 0 Å². The molecular formula is C10H10Br2O. The van der Waals surface area contributed by atoms with E-state index in [1.807, 2.05) is 20.8 Å². The highest BCUT2D eigenvalue weighted by Crippen LogP contribution is 2.33. The van der Waals surface area contributed by atoms with Crippen molar-refractivity contribution in [1.82, 2.24) is 0 Å². The second kappa shape index (κ2) is 3.93. The van der Waals surface area contributed by atoms with Crippen LogP contribution in [0.5, 0.6) is 0 Å². The summed E-state index contributed by atoms with van der Waals surface area (Å²) in [6.07, 6.45) is 0.902. The topological polar surface area (TPSA) is 17.1 Å². The molecule has 0 amide bonds. The first-order valence-electron chi connectivity index (χ1n) is 3.90. The van der Waals surface area contributed by atoms with Crippen LogP contribution in [0, 0.1) is 20.8 Å². The first kappa shape index (κ1) is 10.9. The highest BCUT2D eigenvalue weighted by atomic mass is 79.9. The van der Waals surface area contributed by atoms with Gasteiger partial charge < -0.3 is 0 Å². The smallest absolute Gasteiger partial charge is 0.150 e. The molecule has 0 aromatic heterocycles. The van der Waals surface area contributed by atoms with Gasteiger partial charge in [-0.05, 0) is 37.5 Å². The fraction of sp³-hybridized carbons (Fsp3) is 0.300. The maximum Gasteiger partial charge on any atom is 0.150 e. The van der Waals surface area contributed by atoms with Crippen molar-refractivity contribution in [3.05, 3.63) is 31.2 Å². The number of rotatable bonds is 1. The highest BCUT2D eigenvalue weighted by molar-refractivity contribution is 9.11. The molecule has 0 atom stereocenters. The lowest BCUT2D eigenvalue weighted by atomic mass is 10.0. The average Bonchev–Trinajstić information content (AvgIpc) is 2.13. The van der Waals surface area contributed by atoms with Crippen molar-refractivity contribution in [2.45, 2.75) is 20.8 Å². The summed E-state index contributed by atoms with van der Waals surface area (Å²) in [6.45, 7) is 5.91. The van der Waals surface area contributed by atoms with Crippen LogP contribution in [0.25, 0.3) is 0 Å². The Labute approximate surface area is 94.8 Å². The molecule has 0 saturated carbocycles. The average molecular weight is 306 g/mol. The summed E-state index contributed by atoms with van der Waals surface area (Å²) in [7, 11) is 0. The first-order chi connectivity index (χ1) is 6.00. The van der Waals surface area contributed by atoms with Gasteiger partial charge in [-0.1, -0.05) is 31.9 Å². The molecule has 1 rings (SSSR count). The number of hydrogen-bond acceptors (Lipinski definition) is 1. The SMILES string of the molecule is Cc1c(Br)c(C)c(C=O)c(C)c1Br. The Kier molecular flexibility index (Phi) is 3.30. The second-order valence-electron chi connectivity index (χ2n) is 3.03. The molecule has 0 aliphatic carbocycles. The zero-order valence-corrected chi connectivity index (χ0v) is 10.9. The third-order valence-electron chi connectivity index (χ3n) is 2.24. The lowest BCUT2D eigenvalue weighted by molar-refractivity contribution is 0.112. The summed E-state index contributed by atoms with van der Waals surface area (Å²) in [5.74, 6) is 0. The summed E-state index contributed by atoms with van der Waals surface area (Å²) in [5.41, 5.74) is 3.92. The molecule has 1 nitrogen and oxygen atoms in total. The van der Waals surface area contributed by atoms with Gasteiger partial charge in [0.05, 0.1) is 0 Å². The van der Waals surface area contributed by atoms with Crippen molar-refractivity contribution in [1.29, 1.82) is 0 Å². The van der Waals surface area contributed by atoms with Crippen LogP contribution in [-0.4, -0.2) is 6.29 Å². The van der Waals surface area contributed by atoms with Gasteiger partial charge in [0.15, 0.2) is 6.29 Å². The van der Waals surface area contributed by atoms with E-state index in [1.165, 1.54) is 0 Å². The minimum absolute atomic E-state index is 0.768. The number of aldehydes is 1. The predicted octanol–water partition coefficient (Wildman–Crippen LogP) is 3.95. The van der Waals surface area contributed by atoms with Gasteiger partial charge in [-0.2, -0.15) is 0 Å². The normalized spacial score (nSPS) is 10.2. The predicted molar refractivity (Wildman–Crippen MR) is 61.4 cm³/mol. The van der Waals surface area contributed by atoms with E-state index < -0.39 is 0 Å². The molecule has 1 aromatic rings. The van der Waals surface area contributed by atoms with Crippen molar-refractivity contribution in [3.8, 4) is 0 Å². The number of benzene rings is 1. The molecule has 0 radical (unpaired) electrons. The summed E-state index contributed by atoms with van der Waals surface area (Å²) >= 11 is 6.93. The Balaban J connectivity index is 3.66. The first-order valence-corrected chi connectivity index (χ1v) is 5.49. The van der Waals surface area contributed by atoms with Gasteiger partial charge in [-0.15, -0.1) is 0 Å². The minimum Gasteiger partial charge on any atom is -0.298 e. The van der Waals surface area contributed by atoms with Gasteiger partial charge in [-0.3, -0.25) is 4.79 Å². The van der Waals surface area contributed by atoms with Gasteiger partial charge in [0, 0.05) is 14.5 Å². The molecule has 0 unspecified atom stereocenters. The van der Waals surface area contributed by atoms with E-state index in [4.69, 9.17) is 0 Å². The largest absolute Gasteiger partial charge is 0.298 e. The van der Waals surface area contributed by atoms with E-state index >= 15 is 0 Å². The Morgan fingerprint density at radius 3 is 1.62 bits per heavy atom. The van der Waals surface area contributed by atoms with Crippen LogP contribution < -0.4 is 0 Å². The third-order valence-corrected chi connectivity index (χ3v) is 4.62. The number of carbonyl (C=O) groups is 1. The Morgan fingerprint density at radius 2 is 1.31 bits per heavy atom. The standard InChI is InChI=1S/C10H10Br2O/c1-5-8(4-13)6(2)10(12)7(3)9(5)11/h4H,1-3H3. The molecular weight excluding hydrogens is 296 g/mol. The van der Waals surface area contributed by atoms with Crippen LogP contribution in [0.15, 0.2) is 8.95 Å². The maximum atomic E-state index is 10.8. The van der Waals surface area contributed by atoms with Crippen molar-refractivity contribution in [2.24, 2.45) is 0 Å². The molecule has 0 saturated heterocycles. The van der Waals surface area contributed by atoms with Gasteiger partial charge in [0.25, 0.3) is 0 Å². The lowest BCUT2D eigenvalue weighted by Crippen LogP contribution is -1.97. The summed E-state index contributed by atoms with van der Waals surface area (Å²) < 4.78 is 2.01. The molecule has 0 heterocycles. The van der Waals surface area contributed by atoms with E-state index in [2.05, 4.69) is 31.9 Å². The molecule has 0 N–H and O–H groups in total. The molecule has 13 heavy (non-hydrogen) atoms. The van der Waals surface area contributed by atoms with E-state index in [-0.39, 0.29) is 0 Å². The van der Waals surface area contributed by atoms with Crippen molar-refractivity contribution in [2.75, 3.05) is 0 Å². The summed E-state index contributed by atoms with van der Waals surface area (Å²) in [4.78, 5) is 10.8. The third kappa shape index (κ3) is 1.72. The van der Waals surface area contributed by atoms with Gasteiger partial charge in [0.1, 0.15) is 0 Å². The second-order valence-corrected chi connectivity index (χ2v) is 4.62. The zero-order valence-electron chi connectivity index (χ0n) is 7.74. The summed E-state index contributed by atoms with van der Waals surface area (Å²) in [6, 6.07) is 0. The quantitative estimate of drug-likeness (QED) is 0.718. The Morgan fingerprint density at radius 1 is 0.923 bits per heavy atom. The minimum atomic E-state index is 0.768. The van der Waals surface area contributed by atoms with Crippen LogP contribution in [0.2, 0.25) is 0 Å². The van der Waals surface area contributed by atoms with Crippen molar-refractivity contribution < 1.29 is 4.79 Å². The molecule has 0 spiro atoms. The van der Waals surface area contributed by atoms with E-state index in [0.29, 0.717) is 0 Å². The number of carbonyl (C=O) groups excluding carboxylic acids is 1. The van der Waals surface area contributed by atoms with E-state index in [0.717, 1.165) is 37.5 Å². The molecule has 0 aliphatic rings. The molecule has 0 fully saturated rings. The van der Waals surface area contributed by atoms with Crippen molar-refractivity contribution in [3.63, 3.8) is 0 Å². The van der Waals surface area contributed by atoms with Crippen LogP contribution in [0.1, 0.15) is 27.0 Å². The van der Waals surface area contributed by atoms with E-state index in [1.54, 1.807) is 0 Å². The van der Waals surface area contributed by atoms with Crippen LogP contribution in [0.4, 0.5) is 0 Å². The van der Waals surface area contributed by atoms with Crippen LogP contribution in [-0.2, 0) is 0 Å². The van der Waals surface area contributed by atoms with Crippen molar-refractivity contribution >= 4 is 38.1 Å². The fourth-order valence-corrected chi connectivity index (χ4v) is 2.44. The maximum absolute atomic E-state index is 10.8. The molecule has 70 valence electrons. The fourth-order valence-electron chi connectivity index (χ4n) is 1.35.